The van der Waals surface area contributed by atoms with E-state index in [1.165, 1.54) is 81.8 Å². The van der Waals surface area contributed by atoms with Crippen molar-refractivity contribution in [3.63, 3.8) is 0 Å². The van der Waals surface area contributed by atoms with Crippen LogP contribution in [0.25, 0.3) is 0 Å². The maximum absolute atomic E-state index is 13.6. The van der Waals surface area contributed by atoms with E-state index in [1.54, 1.807) is 63.2 Å². The van der Waals surface area contributed by atoms with E-state index in [4.69, 9.17) is 5.73 Å². The fourth-order valence-corrected chi connectivity index (χ4v) is 17.0. The lowest BCUT2D eigenvalue weighted by Gasteiger charge is -2.44. The average molecular weight is 1380 g/mol. The molecule has 0 bridgehead atoms. The first-order valence-electron chi connectivity index (χ1n) is 31.0. The molecule has 4 saturated heterocycles. The molecular formula is C63H92Cl2N10O12S4. The van der Waals surface area contributed by atoms with Crippen LogP contribution in [0.1, 0.15) is 117 Å². The molecule has 504 valence electrons. The average Bonchev–Trinajstić information content (AvgIpc) is 3.17. The van der Waals surface area contributed by atoms with Crippen molar-refractivity contribution in [1.82, 2.24) is 23.3 Å². The number of sulfonamides is 4. The van der Waals surface area contributed by atoms with Crippen molar-refractivity contribution >= 4 is 106 Å². The highest BCUT2D eigenvalue weighted by atomic mass is 35.5. The van der Waals surface area contributed by atoms with Crippen LogP contribution in [0.15, 0.2) is 94.7 Å². The number of carbonyl (C=O) groups is 3. The Morgan fingerprint density at radius 3 is 1.18 bits per heavy atom. The first-order valence-corrected chi connectivity index (χ1v) is 37.6. The van der Waals surface area contributed by atoms with Crippen LogP contribution in [0.4, 0.5) is 27.5 Å². The molecule has 10 rings (SSSR count). The fourth-order valence-electron chi connectivity index (χ4n) is 13.0. The SMILES string of the molecule is CN(c1ccc(CN2CC(CN(C(=O)O)C(C)(C)C)C2)cc1C(=O)Nc1ccc(S(=O)(=O)N2CCC(C3CCC3)CC2)cc1)S(C)(=O)=O.CN(c1ccc(CN2CC(CN)C2)cc1C(=O)Nc1ccc(S(=O)(=O)N2CCC(C3CCC3)CC2)cc1)S(C)(=O)=O.Cl.Cl. The van der Waals surface area contributed by atoms with Crippen molar-refractivity contribution in [2.24, 2.45) is 41.2 Å². The minimum Gasteiger partial charge on any atom is -0.465 e. The zero-order chi connectivity index (χ0) is 64.4. The molecule has 6 aliphatic rings. The highest BCUT2D eigenvalue weighted by molar-refractivity contribution is 7.92. The molecule has 4 aromatic rings. The van der Waals surface area contributed by atoms with Crippen LogP contribution in [0.2, 0.25) is 0 Å². The number of nitrogens with two attached hydrogens (primary N) is 1. The van der Waals surface area contributed by atoms with Gasteiger partial charge in [-0.25, -0.2) is 38.5 Å². The van der Waals surface area contributed by atoms with E-state index in [1.807, 2.05) is 26.8 Å². The molecule has 0 radical (unpaired) electrons. The van der Waals surface area contributed by atoms with Crippen LogP contribution in [-0.4, -0.2) is 178 Å². The van der Waals surface area contributed by atoms with Crippen LogP contribution >= 0.6 is 24.8 Å². The molecule has 6 fully saturated rings. The lowest BCUT2D eigenvalue weighted by atomic mass is 9.72. The van der Waals surface area contributed by atoms with Crippen LogP contribution < -0.4 is 25.0 Å². The molecular weight excluding hydrogens is 1290 g/mol. The van der Waals surface area contributed by atoms with Gasteiger partial charge in [0.15, 0.2) is 0 Å². The third kappa shape index (κ3) is 17.8. The number of carboxylic acid groups (broad SMARTS) is 1. The van der Waals surface area contributed by atoms with Gasteiger partial charge >= 0.3 is 6.09 Å². The number of likely N-dealkylation sites (tertiary alicyclic amines) is 2. The lowest BCUT2D eigenvalue weighted by molar-refractivity contribution is 0.0330. The Kier molecular flexibility index (Phi) is 24.2. The van der Waals surface area contributed by atoms with Gasteiger partial charge < -0.3 is 26.4 Å². The van der Waals surface area contributed by atoms with Gasteiger partial charge in [0.05, 0.1) is 44.8 Å². The standard InChI is InChI=1S/C34H49N5O7S2.C29H41N5O5S2.2ClH/c1-34(2,3)39(33(41)42)23-25-21-37(22-25)20-24-9-14-31(36(4)47(5,43)44)30(19-24)32(40)35-28-10-12-29(13-11-28)48(45,46)38-17-15-27(16-18-38)26-7-6-8-26;1-32(40(2,36)37)28-11-6-21(18-33-19-22(17-30)20-33)16-27(28)29(35)31-25-7-9-26(10-8-25)41(38,39)34-14-12-24(13-15-34)23-4-3-5-23;;/h9-14,19,25-27H,6-8,15-18,20-23H2,1-5H3,(H,35,40)(H,41,42);6-11,16,22-24H,3-5,12-15,17-20,30H2,1-2H3,(H,31,35);2*1H. The number of amides is 3. The Bertz CT molecular complexity index is 3660. The Labute approximate surface area is 551 Å². The quantitative estimate of drug-likeness (QED) is 0.0608. The number of carbonyl (C=O) groups excluding carboxylic acids is 2. The van der Waals surface area contributed by atoms with E-state index in [0.29, 0.717) is 94.6 Å². The maximum atomic E-state index is 13.6. The van der Waals surface area contributed by atoms with Gasteiger partial charge in [-0.2, -0.15) is 8.61 Å². The van der Waals surface area contributed by atoms with Gasteiger partial charge in [-0.3, -0.25) is 28.0 Å². The first-order chi connectivity index (χ1) is 41.9. The van der Waals surface area contributed by atoms with E-state index < -0.39 is 63.5 Å². The summed E-state index contributed by atoms with van der Waals surface area (Å²) in [6.45, 7) is 13.1. The second-order valence-electron chi connectivity index (χ2n) is 26.4. The van der Waals surface area contributed by atoms with Crippen molar-refractivity contribution in [2.45, 2.75) is 113 Å². The van der Waals surface area contributed by atoms with Gasteiger partial charge in [-0.05, 0) is 167 Å². The first kappa shape index (κ1) is 73.3. The van der Waals surface area contributed by atoms with Gasteiger partial charge in [-0.15, -0.1) is 24.8 Å². The molecule has 4 aromatic carbocycles. The molecule has 28 heteroatoms. The summed E-state index contributed by atoms with van der Waals surface area (Å²) in [4.78, 5) is 45.0. The third-order valence-electron chi connectivity index (χ3n) is 19.1. The number of anilines is 4. The number of halogens is 2. The Morgan fingerprint density at radius 1 is 0.538 bits per heavy atom. The van der Waals surface area contributed by atoms with E-state index in [0.717, 1.165) is 82.9 Å². The molecule has 5 N–H and O–H groups in total. The van der Waals surface area contributed by atoms with Crippen molar-refractivity contribution in [3.8, 4) is 0 Å². The molecule has 4 aliphatic heterocycles. The van der Waals surface area contributed by atoms with Crippen molar-refractivity contribution < 1.29 is 53.2 Å². The van der Waals surface area contributed by atoms with E-state index >= 15 is 0 Å². The largest absolute Gasteiger partial charge is 0.465 e. The highest BCUT2D eigenvalue weighted by Gasteiger charge is 2.38. The molecule has 0 unspecified atom stereocenters. The Morgan fingerprint density at radius 2 is 0.879 bits per heavy atom. The zero-order valence-electron chi connectivity index (χ0n) is 53.2. The summed E-state index contributed by atoms with van der Waals surface area (Å²) < 4.78 is 108. The van der Waals surface area contributed by atoms with Crippen LogP contribution in [-0.2, 0) is 53.2 Å². The molecule has 2 aliphatic carbocycles. The van der Waals surface area contributed by atoms with Crippen LogP contribution in [0, 0.1) is 35.5 Å². The lowest BCUT2D eigenvalue weighted by Crippen LogP contribution is -2.55. The predicted molar refractivity (Wildman–Crippen MR) is 361 cm³/mol. The monoisotopic (exact) mass is 1380 g/mol. The van der Waals surface area contributed by atoms with Crippen molar-refractivity contribution in [2.75, 3.05) is 111 Å². The highest BCUT2D eigenvalue weighted by Crippen LogP contribution is 2.41. The van der Waals surface area contributed by atoms with Crippen LogP contribution in [0.5, 0.6) is 0 Å². The van der Waals surface area contributed by atoms with Gasteiger partial charge in [0.1, 0.15) is 0 Å². The Hall–Kier alpha value is -5.13. The summed E-state index contributed by atoms with van der Waals surface area (Å²) >= 11 is 0. The molecule has 4 heterocycles. The molecule has 2 saturated carbocycles. The summed E-state index contributed by atoms with van der Waals surface area (Å²) in [6, 6.07) is 22.5. The Balaban J connectivity index is 0.000000256. The van der Waals surface area contributed by atoms with Crippen molar-refractivity contribution in [1.29, 1.82) is 0 Å². The zero-order valence-corrected chi connectivity index (χ0v) is 58.1. The topological polar surface area (TPSA) is 281 Å². The van der Waals surface area contributed by atoms with Crippen LogP contribution in [0.3, 0.4) is 0 Å². The molecule has 22 nitrogen and oxygen atoms in total. The van der Waals surface area contributed by atoms with E-state index in [2.05, 4.69) is 20.4 Å². The van der Waals surface area contributed by atoms with E-state index in [-0.39, 0.29) is 63.0 Å². The van der Waals surface area contributed by atoms with Crippen molar-refractivity contribution in [3.05, 3.63) is 107 Å². The minimum absolute atomic E-state index is 0. The molecule has 3 amide bonds. The summed E-state index contributed by atoms with van der Waals surface area (Å²) in [6.07, 6.45) is 12.4. The minimum atomic E-state index is -3.67. The van der Waals surface area contributed by atoms with Gasteiger partial charge in [0.2, 0.25) is 40.1 Å². The van der Waals surface area contributed by atoms with Gasteiger partial charge in [0, 0.05) is 109 Å². The molecule has 0 spiro atoms. The number of hydrogen-bond acceptors (Lipinski definition) is 14. The third-order valence-corrected chi connectivity index (χ3v) is 25.3. The maximum Gasteiger partial charge on any atom is 0.407 e. The second kappa shape index (κ2) is 30.1. The number of benzene rings is 4. The summed E-state index contributed by atoms with van der Waals surface area (Å²) in [5.74, 6) is 2.40. The predicted octanol–water partition coefficient (Wildman–Crippen LogP) is 8.52. The summed E-state index contributed by atoms with van der Waals surface area (Å²) in [5.41, 5.74) is 8.59. The molecule has 0 atom stereocenters. The second-order valence-corrected chi connectivity index (χ2v) is 34.3. The van der Waals surface area contributed by atoms with E-state index in [9.17, 15) is 53.2 Å². The summed E-state index contributed by atoms with van der Waals surface area (Å²) in [5, 5.41) is 15.3. The van der Waals surface area contributed by atoms with Gasteiger partial charge in [-0.1, -0.05) is 50.7 Å². The number of rotatable bonds is 21. The smallest absolute Gasteiger partial charge is 0.407 e. The number of nitrogens with zero attached hydrogens (tertiary/aromatic N) is 7. The molecule has 0 aromatic heterocycles. The summed E-state index contributed by atoms with van der Waals surface area (Å²) in [7, 11) is -11.8. The number of piperidine rings is 2. The number of nitrogens with one attached hydrogen (secondary N) is 2. The fraction of sp³-hybridized carbons (Fsp3) is 0.571. The van der Waals surface area contributed by atoms with Gasteiger partial charge in [0.25, 0.3) is 11.8 Å². The number of hydrogen-bond donors (Lipinski definition) is 4. The normalized spacial score (nSPS) is 18.9. The molecule has 91 heavy (non-hydrogen) atoms.